The van der Waals surface area contributed by atoms with E-state index in [9.17, 15) is 13.2 Å². The number of carbonyl (C=O) groups excluding carboxylic acids is 1. The Bertz CT molecular complexity index is 1210. The van der Waals surface area contributed by atoms with Gasteiger partial charge in [0, 0.05) is 17.8 Å². The van der Waals surface area contributed by atoms with Crippen LogP contribution in [0.15, 0.2) is 78.0 Å². The number of fused-ring (bicyclic) bond motifs is 2. The minimum Gasteiger partial charge on any atom is -0.252 e. The second-order valence-electron chi connectivity index (χ2n) is 5.52. The van der Waals surface area contributed by atoms with Gasteiger partial charge in [-0.1, -0.05) is 30.3 Å². The zero-order valence-electron chi connectivity index (χ0n) is 13.0. The second-order valence-corrected chi connectivity index (χ2v) is 7.20. The number of nitrogens with zero attached hydrogens (tertiary/aromatic N) is 2. The van der Waals surface area contributed by atoms with Gasteiger partial charge in [0.2, 0.25) is 0 Å². The number of pyridine rings is 1. The molecule has 25 heavy (non-hydrogen) atoms. The lowest BCUT2D eigenvalue weighted by Gasteiger charge is -2.09. The molecule has 0 saturated carbocycles. The zero-order valence-corrected chi connectivity index (χ0v) is 13.8. The van der Waals surface area contributed by atoms with Gasteiger partial charge in [-0.2, -0.15) is 0 Å². The van der Waals surface area contributed by atoms with Crippen molar-refractivity contribution in [1.29, 1.82) is 0 Å². The van der Waals surface area contributed by atoms with Gasteiger partial charge >= 0.3 is 6.03 Å². The minimum absolute atomic E-state index is 0.0315. The molecule has 2 aromatic heterocycles. The predicted octanol–water partition coefficient (Wildman–Crippen LogP) is 3.14. The first-order valence-corrected chi connectivity index (χ1v) is 9.01. The number of hydrogen-bond acceptors (Lipinski definition) is 4. The van der Waals surface area contributed by atoms with Crippen LogP contribution in [-0.2, 0) is 10.0 Å². The number of hydrogen-bond donors (Lipinski definition) is 1. The van der Waals surface area contributed by atoms with E-state index in [0.717, 1.165) is 16.2 Å². The normalized spacial score (nSPS) is 11.7. The molecule has 2 aromatic carbocycles. The van der Waals surface area contributed by atoms with Gasteiger partial charge in [0.25, 0.3) is 10.0 Å². The topological polar surface area (TPSA) is 81.1 Å². The van der Waals surface area contributed by atoms with Crippen molar-refractivity contribution >= 4 is 37.9 Å². The van der Waals surface area contributed by atoms with Gasteiger partial charge in [0.05, 0.1) is 4.90 Å². The van der Waals surface area contributed by atoms with Crippen LogP contribution in [0, 0.1) is 0 Å². The lowest BCUT2D eigenvalue weighted by Crippen LogP contribution is -2.33. The van der Waals surface area contributed by atoms with Crippen molar-refractivity contribution in [2.24, 2.45) is 0 Å². The molecule has 1 N–H and O–H groups in total. The molecule has 4 rings (SSSR count). The van der Waals surface area contributed by atoms with Crippen molar-refractivity contribution < 1.29 is 13.2 Å². The first-order valence-electron chi connectivity index (χ1n) is 7.53. The third kappa shape index (κ3) is 2.74. The molecule has 0 spiro atoms. The Morgan fingerprint density at radius 3 is 2.52 bits per heavy atom. The highest BCUT2D eigenvalue weighted by atomic mass is 32.2. The average molecular weight is 351 g/mol. The second kappa shape index (κ2) is 5.71. The van der Waals surface area contributed by atoms with E-state index in [0.29, 0.717) is 5.65 Å². The van der Waals surface area contributed by atoms with Crippen LogP contribution in [0.25, 0.3) is 21.8 Å². The molecule has 0 atom stereocenters. The smallest absolute Gasteiger partial charge is 0.252 e. The first kappa shape index (κ1) is 15.3. The number of carbonyl (C=O) groups is 1. The summed E-state index contributed by atoms with van der Waals surface area (Å²) in [6, 6.07) is 16.6. The van der Waals surface area contributed by atoms with Crippen LogP contribution in [-0.4, -0.2) is 24.0 Å². The first-order chi connectivity index (χ1) is 12.0. The summed E-state index contributed by atoms with van der Waals surface area (Å²) in [7, 11) is -3.99. The van der Waals surface area contributed by atoms with E-state index in [1.807, 2.05) is 24.3 Å². The largest absolute Gasteiger partial charge is 0.341 e. The fourth-order valence-corrected chi connectivity index (χ4v) is 3.66. The summed E-state index contributed by atoms with van der Waals surface area (Å²) in [5.74, 6) is 0. The van der Waals surface area contributed by atoms with Crippen LogP contribution in [0.5, 0.6) is 0 Å². The number of amides is 1. The fourth-order valence-electron chi connectivity index (χ4n) is 2.69. The molecule has 0 unspecified atom stereocenters. The number of nitrogens with one attached hydrogen (secondary N) is 1. The third-order valence-corrected chi connectivity index (χ3v) is 5.24. The molecular formula is C18H13N3O3S. The molecule has 0 bridgehead atoms. The van der Waals surface area contributed by atoms with E-state index in [4.69, 9.17) is 0 Å². The van der Waals surface area contributed by atoms with Crippen LogP contribution in [0.1, 0.15) is 0 Å². The van der Waals surface area contributed by atoms with Gasteiger partial charge in [-0.15, -0.1) is 0 Å². The summed E-state index contributed by atoms with van der Waals surface area (Å²) >= 11 is 0. The minimum atomic E-state index is -3.99. The summed E-state index contributed by atoms with van der Waals surface area (Å²) in [4.78, 5) is 16.5. The number of rotatable bonds is 2. The van der Waals surface area contributed by atoms with E-state index in [1.54, 1.807) is 30.5 Å². The SMILES string of the molecule is O=C(NS(=O)(=O)c1ccc2ccccc2c1)n1ccc2cccnc21. The summed E-state index contributed by atoms with van der Waals surface area (Å²) in [6.45, 7) is 0. The third-order valence-electron chi connectivity index (χ3n) is 3.92. The van der Waals surface area contributed by atoms with Crippen molar-refractivity contribution in [3.63, 3.8) is 0 Å². The molecule has 124 valence electrons. The Labute approximate surface area is 143 Å². The van der Waals surface area contributed by atoms with Crippen LogP contribution in [0.4, 0.5) is 4.79 Å². The van der Waals surface area contributed by atoms with E-state index < -0.39 is 16.1 Å². The summed E-state index contributed by atoms with van der Waals surface area (Å²) in [5.41, 5.74) is 0.397. The molecule has 0 aliphatic heterocycles. The highest BCUT2D eigenvalue weighted by Gasteiger charge is 2.20. The van der Waals surface area contributed by atoms with E-state index in [2.05, 4.69) is 9.71 Å². The molecule has 0 aliphatic rings. The molecule has 4 aromatic rings. The molecule has 6 nitrogen and oxygen atoms in total. The number of aromatic nitrogens is 2. The van der Waals surface area contributed by atoms with Crippen LogP contribution < -0.4 is 4.72 Å². The van der Waals surface area contributed by atoms with Gasteiger partial charge in [0.1, 0.15) is 5.65 Å². The van der Waals surface area contributed by atoms with E-state index >= 15 is 0 Å². The Balaban J connectivity index is 1.69. The lowest BCUT2D eigenvalue weighted by atomic mass is 10.1. The van der Waals surface area contributed by atoms with Crippen molar-refractivity contribution in [3.05, 3.63) is 73.1 Å². The van der Waals surface area contributed by atoms with Crippen LogP contribution in [0.3, 0.4) is 0 Å². The van der Waals surface area contributed by atoms with Crippen LogP contribution in [0.2, 0.25) is 0 Å². The maximum Gasteiger partial charge on any atom is 0.341 e. The van der Waals surface area contributed by atoms with Crippen molar-refractivity contribution in [2.45, 2.75) is 4.90 Å². The maximum atomic E-state index is 12.6. The Kier molecular flexibility index (Phi) is 3.51. The summed E-state index contributed by atoms with van der Waals surface area (Å²) in [6.07, 6.45) is 3.03. The molecule has 1 amide bonds. The van der Waals surface area contributed by atoms with Gasteiger partial charge < -0.3 is 0 Å². The zero-order chi connectivity index (χ0) is 17.4. The van der Waals surface area contributed by atoms with Crippen molar-refractivity contribution in [2.75, 3.05) is 0 Å². The highest BCUT2D eigenvalue weighted by Crippen LogP contribution is 2.19. The molecule has 0 fully saturated rings. The number of sulfonamides is 1. The number of benzene rings is 2. The monoisotopic (exact) mass is 351 g/mol. The fraction of sp³-hybridized carbons (Fsp3) is 0. The Morgan fingerprint density at radius 1 is 0.920 bits per heavy atom. The van der Waals surface area contributed by atoms with Gasteiger partial charge in [0.15, 0.2) is 0 Å². The molecule has 2 heterocycles. The quantitative estimate of drug-likeness (QED) is 0.601. The average Bonchev–Trinajstić information content (AvgIpc) is 3.05. The van der Waals surface area contributed by atoms with Gasteiger partial charge in [-0.25, -0.2) is 22.9 Å². The summed E-state index contributed by atoms with van der Waals surface area (Å²) < 4.78 is 28.4. The van der Waals surface area contributed by atoms with Gasteiger partial charge in [-0.3, -0.25) is 4.57 Å². The standard InChI is InChI=1S/C18H13N3O3S/c22-18(21-11-9-14-6-3-10-19-17(14)21)20-25(23,24)16-8-7-13-4-1-2-5-15(13)12-16/h1-12H,(H,20,22). The Morgan fingerprint density at radius 2 is 1.68 bits per heavy atom. The molecule has 0 aliphatic carbocycles. The predicted molar refractivity (Wildman–Crippen MR) is 94.8 cm³/mol. The van der Waals surface area contributed by atoms with Crippen LogP contribution >= 0.6 is 0 Å². The summed E-state index contributed by atoms with van der Waals surface area (Å²) in [5, 5.41) is 2.46. The Hall–Kier alpha value is -3.19. The molecule has 0 saturated heterocycles. The van der Waals surface area contributed by atoms with Crippen molar-refractivity contribution in [3.8, 4) is 0 Å². The van der Waals surface area contributed by atoms with E-state index in [-0.39, 0.29) is 4.90 Å². The lowest BCUT2D eigenvalue weighted by molar-refractivity contribution is 0.248. The molecule has 7 heteroatoms. The molecule has 0 radical (unpaired) electrons. The van der Waals surface area contributed by atoms with Gasteiger partial charge in [-0.05, 0) is 41.1 Å². The maximum absolute atomic E-state index is 12.6. The van der Waals surface area contributed by atoms with Crippen molar-refractivity contribution in [1.82, 2.24) is 14.3 Å². The highest BCUT2D eigenvalue weighted by molar-refractivity contribution is 7.90. The molecular weight excluding hydrogens is 338 g/mol. The van der Waals surface area contributed by atoms with E-state index in [1.165, 1.54) is 22.9 Å².